The monoisotopic (exact) mass is 1030 g/mol. The molecule has 0 unspecified atom stereocenters. The highest BCUT2D eigenvalue weighted by molar-refractivity contribution is 6.00. The Morgan fingerprint density at radius 2 is 0.450 bits per heavy atom. The van der Waals surface area contributed by atoms with Gasteiger partial charge in [-0.15, -0.1) is 0 Å². The van der Waals surface area contributed by atoms with Gasteiger partial charge in [0.2, 0.25) is 0 Å². The van der Waals surface area contributed by atoms with E-state index in [4.69, 9.17) is 29.9 Å². The Balaban J connectivity index is 1.03. The molecule has 8 aromatic carbocycles. The van der Waals surface area contributed by atoms with Gasteiger partial charge in [-0.05, 0) is 142 Å². The van der Waals surface area contributed by atoms with Crippen LogP contribution >= 0.6 is 0 Å². The zero-order valence-electron chi connectivity index (χ0n) is 43.4. The number of aliphatic imine (C=N–C) groups is 4. The van der Waals surface area contributed by atoms with E-state index in [2.05, 4.69) is 156 Å². The van der Waals surface area contributed by atoms with Crippen molar-refractivity contribution in [2.45, 2.75) is 0 Å². The number of hydrogen-bond donors (Lipinski definition) is 2. The molecule has 378 valence electrons. The first kappa shape index (κ1) is 48.7. The maximum Gasteiger partial charge on any atom is 0.0737 e. The molecule has 0 saturated carbocycles. The second kappa shape index (κ2) is 22.3. The molecule has 0 atom stereocenters. The largest absolute Gasteiger partial charge is 0.354 e. The van der Waals surface area contributed by atoms with Crippen molar-refractivity contribution in [1.29, 1.82) is 0 Å². The van der Waals surface area contributed by atoms with Gasteiger partial charge >= 0.3 is 0 Å². The molecule has 8 bridgehead atoms. The lowest BCUT2D eigenvalue weighted by Gasteiger charge is -2.08. The fourth-order valence-electron chi connectivity index (χ4n) is 10.0. The molecule has 0 aliphatic carbocycles. The third kappa shape index (κ3) is 10.7. The number of aromatic amines is 2. The van der Waals surface area contributed by atoms with Crippen LogP contribution in [0.15, 0.2) is 263 Å². The van der Waals surface area contributed by atoms with E-state index in [9.17, 15) is 0 Å². The summed E-state index contributed by atoms with van der Waals surface area (Å²) in [5.74, 6) is 0. The topological polar surface area (TPSA) is 107 Å². The summed E-state index contributed by atoms with van der Waals surface area (Å²) in [5.41, 5.74) is 22.1. The quantitative estimate of drug-likeness (QED) is 0.119. The Hall–Kier alpha value is -11.0. The van der Waals surface area contributed by atoms with Crippen molar-refractivity contribution in [2.75, 3.05) is 0 Å². The Bertz CT molecular complexity index is 3820. The fourth-order valence-corrected chi connectivity index (χ4v) is 10.0. The van der Waals surface area contributed by atoms with Gasteiger partial charge in [0.25, 0.3) is 0 Å². The van der Waals surface area contributed by atoms with Crippen molar-refractivity contribution in [1.82, 2.24) is 19.9 Å². The van der Waals surface area contributed by atoms with Gasteiger partial charge in [-0.3, -0.25) is 20.0 Å². The van der Waals surface area contributed by atoms with E-state index in [1.165, 1.54) is 0 Å². The standard InChI is InChI=1S/C72H50N8/c1-5-13-49(14-6-1)45-73-57-29-21-53(22-30-57)69-61-37-39-63(77-61)70(54-23-31-58(32-24-54)74-46-50-15-7-2-8-16-50)65-41-43-67(79-65)72(56-27-35-60(36-28-56)76-48-52-19-11-4-12-20-52)68-44-42-66(80-68)71(64-40-38-62(69)78-64)55-25-33-59(34-26-55)75-47-51-17-9-3-10-18-51/h1-48,77,80H. The van der Waals surface area contributed by atoms with Crippen LogP contribution in [-0.2, 0) is 0 Å². The van der Waals surface area contributed by atoms with Gasteiger partial charge in [-0.25, -0.2) is 9.97 Å². The van der Waals surface area contributed by atoms with Crippen LogP contribution < -0.4 is 0 Å². The molecule has 2 aliphatic rings. The van der Waals surface area contributed by atoms with Gasteiger partial charge in [0.05, 0.1) is 45.5 Å². The first-order valence-corrected chi connectivity index (χ1v) is 26.5. The molecule has 5 heterocycles. The number of benzene rings is 8. The molecule has 0 spiro atoms. The van der Waals surface area contributed by atoms with Crippen molar-refractivity contribution in [3.63, 3.8) is 0 Å². The molecule has 2 N–H and O–H groups in total. The minimum atomic E-state index is 0.813. The highest BCUT2D eigenvalue weighted by Gasteiger charge is 2.19. The van der Waals surface area contributed by atoms with Gasteiger partial charge in [0.15, 0.2) is 0 Å². The summed E-state index contributed by atoms with van der Waals surface area (Å²) in [5, 5.41) is 0. The first-order valence-electron chi connectivity index (χ1n) is 26.5. The van der Waals surface area contributed by atoms with Crippen molar-refractivity contribution < 1.29 is 0 Å². The molecule has 2 aliphatic heterocycles. The third-order valence-electron chi connectivity index (χ3n) is 14.0. The summed E-state index contributed by atoms with van der Waals surface area (Å²) >= 11 is 0. The highest BCUT2D eigenvalue weighted by atomic mass is 14.8. The SMILES string of the molecule is C1=Cc2nc1c(-c1ccc(N=Cc3ccccc3)cc1)c1ccc([nH]1)c(-c1ccc(N=Cc3ccccc3)cc1)c1nc(c(-c3ccc(N=Cc4ccccc4)cc3)c3ccc([nH]3)c2-c2ccc(N=Cc3ccccc3)cc2)C=C1. The number of H-pyrrole nitrogens is 2. The Labute approximate surface area is 463 Å². The van der Waals surface area contributed by atoms with Crippen LogP contribution in [0.1, 0.15) is 45.0 Å². The van der Waals surface area contributed by atoms with E-state index >= 15 is 0 Å². The van der Waals surface area contributed by atoms with Crippen LogP contribution in [0.5, 0.6) is 0 Å². The van der Waals surface area contributed by atoms with Gasteiger partial charge in [0.1, 0.15) is 0 Å². The molecule has 3 aromatic heterocycles. The number of aromatic nitrogens is 4. The maximum atomic E-state index is 5.56. The first-order chi connectivity index (χ1) is 39.6. The van der Waals surface area contributed by atoms with E-state index in [1.54, 1.807) is 0 Å². The molecule has 0 saturated heterocycles. The molecular formula is C72H50N8. The van der Waals surface area contributed by atoms with Crippen molar-refractivity contribution >= 4 is 94.0 Å². The summed E-state index contributed by atoms with van der Waals surface area (Å²) in [4.78, 5) is 38.2. The lowest BCUT2D eigenvalue weighted by molar-refractivity contribution is 1.31. The Morgan fingerprint density at radius 1 is 0.237 bits per heavy atom. The average Bonchev–Trinajstić information content (AvgIpc) is 4.40. The van der Waals surface area contributed by atoms with E-state index in [1.807, 2.05) is 146 Å². The maximum absolute atomic E-state index is 5.56. The van der Waals surface area contributed by atoms with Gasteiger partial charge in [0, 0.05) is 69.2 Å². The second-order valence-electron chi connectivity index (χ2n) is 19.4. The fraction of sp³-hybridized carbons (Fsp3) is 0. The minimum Gasteiger partial charge on any atom is -0.354 e. The van der Waals surface area contributed by atoms with E-state index in [-0.39, 0.29) is 0 Å². The van der Waals surface area contributed by atoms with Crippen molar-refractivity contribution in [3.05, 3.63) is 288 Å². The Kier molecular flexibility index (Phi) is 13.6. The summed E-state index contributed by atoms with van der Waals surface area (Å²) in [6.07, 6.45) is 16.1. The molecule has 0 radical (unpaired) electrons. The summed E-state index contributed by atoms with van der Waals surface area (Å²) in [7, 11) is 0. The van der Waals surface area contributed by atoms with Crippen molar-refractivity contribution in [2.24, 2.45) is 20.0 Å². The molecule has 80 heavy (non-hydrogen) atoms. The molecule has 8 nitrogen and oxygen atoms in total. The molecule has 0 amide bonds. The zero-order valence-corrected chi connectivity index (χ0v) is 43.4. The summed E-state index contributed by atoms with van der Waals surface area (Å²) in [6.45, 7) is 0. The highest BCUT2D eigenvalue weighted by Crippen LogP contribution is 2.40. The smallest absolute Gasteiger partial charge is 0.0737 e. The van der Waals surface area contributed by atoms with Crippen LogP contribution in [-0.4, -0.2) is 44.8 Å². The molecule has 13 rings (SSSR count). The number of fused-ring (bicyclic) bond motifs is 8. The second-order valence-corrected chi connectivity index (χ2v) is 19.4. The summed E-state index contributed by atoms with van der Waals surface area (Å²) in [6, 6.07) is 82.6. The van der Waals surface area contributed by atoms with E-state index in [0.29, 0.717) is 0 Å². The Morgan fingerprint density at radius 3 is 0.662 bits per heavy atom. The summed E-state index contributed by atoms with van der Waals surface area (Å²) < 4.78 is 0. The van der Waals surface area contributed by atoms with Crippen molar-refractivity contribution in [3.8, 4) is 44.5 Å². The van der Waals surface area contributed by atoms with Gasteiger partial charge in [-0.1, -0.05) is 170 Å². The van der Waals surface area contributed by atoms with Crippen LogP contribution in [0, 0.1) is 0 Å². The number of rotatable bonds is 12. The lowest BCUT2D eigenvalue weighted by atomic mass is 10.0. The number of nitrogens with one attached hydrogen (secondary N) is 2. The van der Waals surface area contributed by atoms with Gasteiger partial charge in [-0.2, -0.15) is 0 Å². The lowest BCUT2D eigenvalue weighted by Crippen LogP contribution is -1.90. The van der Waals surface area contributed by atoms with Crippen LogP contribution in [0.4, 0.5) is 22.7 Å². The zero-order chi connectivity index (χ0) is 53.5. The average molecular weight is 1030 g/mol. The minimum absolute atomic E-state index is 0.813. The predicted octanol–water partition coefficient (Wildman–Crippen LogP) is 18.3. The number of nitrogens with zero attached hydrogens (tertiary/aromatic N) is 6. The number of hydrogen-bond acceptors (Lipinski definition) is 6. The van der Waals surface area contributed by atoms with E-state index in [0.717, 1.165) is 134 Å². The normalized spacial score (nSPS) is 12.2. The molecule has 0 fully saturated rings. The van der Waals surface area contributed by atoms with Crippen LogP contribution in [0.25, 0.3) is 90.9 Å². The third-order valence-corrected chi connectivity index (χ3v) is 14.0. The molecule has 8 heteroatoms. The van der Waals surface area contributed by atoms with Gasteiger partial charge < -0.3 is 9.97 Å². The van der Waals surface area contributed by atoms with E-state index < -0.39 is 0 Å². The predicted molar refractivity (Wildman–Crippen MR) is 335 cm³/mol. The van der Waals surface area contributed by atoms with Crippen LogP contribution in [0.2, 0.25) is 0 Å². The molecule has 11 aromatic rings. The molecular weight excluding hydrogens is 977 g/mol. The van der Waals surface area contributed by atoms with Crippen LogP contribution in [0.3, 0.4) is 0 Å².